The Morgan fingerprint density at radius 1 is 1.71 bits per heavy atom. The van der Waals surface area contributed by atoms with Crippen LogP contribution in [0.4, 0.5) is 0 Å². The van der Waals surface area contributed by atoms with E-state index in [1.54, 1.807) is 10.8 Å². The molecule has 0 bridgehead atoms. The minimum absolute atomic E-state index is 0.396. The normalized spacial score (nSPS) is 21.9. The summed E-state index contributed by atoms with van der Waals surface area (Å²) in [5.41, 5.74) is 0. The molecule has 1 aliphatic rings. The van der Waals surface area contributed by atoms with Crippen molar-refractivity contribution in [2.24, 2.45) is 7.05 Å². The van der Waals surface area contributed by atoms with E-state index in [-0.39, 0.29) is 0 Å². The Labute approximate surface area is 107 Å². The third-order valence-corrected chi connectivity index (χ3v) is 3.64. The molecule has 1 aromatic rings. The predicted molar refractivity (Wildman–Crippen MR) is 66.0 cm³/mol. The zero-order valence-electron chi connectivity index (χ0n) is 10.1. The summed E-state index contributed by atoms with van der Waals surface area (Å²) in [6.45, 7) is 0.891. The van der Waals surface area contributed by atoms with E-state index in [2.05, 4.69) is 4.98 Å². The summed E-state index contributed by atoms with van der Waals surface area (Å²) in [7, 11) is 1.81. The van der Waals surface area contributed by atoms with Crippen molar-refractivity contribution in [2.45, 2.75) is 44.3 Å². The Hall–Kier alpha value is -0.580. The molecule has 2 atom stereocenters. The Bertz CT molecular complexity index is 361. The molecular weight excluding hydrogens is 240 g/mol. The van der Waals surface area contributed by atoms with Gasteiger partial charge in [-0.15, -0.1) is 0 Å². The highest BCUT2D eigenvalue weighted by Gasteiger charge is 2.18. The lowest BCUT2D eigenvalue weighted by molar-refractivity contribution is 0.0929. The molecule has 1 saturated heterocycles. The van der Waals surface area contributed by atoms with Gasteiger partial charge in [0.1, 0.15) is 17.1 Å². The molecule has 1 N–H and O–H groups in total. The van der Waals surface area contributed by atoms with Gasteiger partial charge in [-0.3, -0.25) is 0 Å². The lowest BCUT2D eigenvalue weighted by Crippen LogP contribution is -2.09. The quantitative estimate of drug-likeness (QED) is 0.883. The molecule has 1 fully saturated rings. The van der Waals surface area contributed by atoms with Crippen LogP contribution in [0.15, 0.2) is 6.20 Å². The molecule has 0 saturated carbocycles. The van der Waals surface area contributed by atoms with Crippen LogP contribution in [0.5, 0.6) is 0 Å². The molecule has 4 nitrogen and oxygen atoms in total. The second-order valence-corrected chi connectivity index (χ2v) is 4.97. The number of halogens is 1. The number of nitrogens with zero attached hydrogens (tertiary/aromatic N) is 2. The van der Waals surface area contributed by atoms with Gasteiger partial charge in [0.25, 0.3) is 0 Å². The van der Waals surface area contributed by atoms with Crippen molar-refractivity contribution in [1.29, 1.82) is 0 Å². The average Bonchev–Trinajstić information content (AvgIpc) is 2.91. The van der Waals surface area contributed by atoms with Crippen molar-refractivity contribution >= 4 is 11.6 Å². The first-order chi connectivity index (χ1) is 8.18. The number of aliphatic hydroxyl groups is 1. The van der Waals surface area contributed by atoms with Crippen LogP contribution >= 0.6 is 11.6 Å². The number of ether oxygens (including phenoxy) is 1. The van der Waals surface area contributed by atoms with Crippen molar-refractivity contribution in [3.63, 3.8) is 0 Å². The van der Waals surface area contributed by atoms with Crippen LogP contribution in [0.1, 0.15) is 44.0 Å². The molecule has 2 unspecified atom stereocenters. The van der Waals surface area contributed by atoms with Gasteiger partial charge in [-0.1, -0.05) is 11.6 Å². The molecule has 2 rings (SSSR count). The van der Waals surface area contributed by atoms with Gasteiger partial charge >= 0.3 is 0 Å². The van der Waals surface area contributed by atoms with Crippen LogP contribution in [0, 0.1) is 0 Å². The van der Waals surface area contributed by atoms with E-state index in [0.29, 0.717) is 23.5 Å². The maximum atomic E-state index is 10.0. The summed E-state index contributed by atoms with van der Waals surface area (Å²) >= 11 is 5.88. The highest BCUT2D eigenvalue weighted by atomic mass is 35.5. The SMILES string of the molecule is Cn1c(Cl)cnc1C(O)CCCC1CCCO1. The third-order valence-electron chi connectivity index (χ3n) is 3.29. The monoisotopic (exact) mass is 258 g/mol. The second-order valence-electron chi connectivity index (χ2n) is 4.58. The van der Waals surface area contributed by atoms with Gasteiger partial charge in [-0.2, -0.15) is 0 Å². The summed E-state index contributed by atoms with van der Waals surface area (Å²) in [6.07, 6.45) is 6.44. The van der Waals surface area contributed by atoms with Crippen LogP contribution in [0.2, 0.25) is 5.15 Å². The molecule has 0 aliphatic carbocycles. The number of aliphatic hydroxyl groups excluding tert-OH is 1. The van der Waals surface area contributed by atoms with Gasteiger partial charge in [0.05, 0.1) is 12.3 Å². The maximum Gasteiger partial charge on any atom is 0.138 e. The van der Waals surface area contributed by atoms with Gasteiger partial charge in [-0.25, -0.2) is 4.98 Å². The standard InChI is InChI=1S/C12H19ClN2O2/c1-15-11(13)8-14-12(15)10(16)6-2-4-9-5-3-7-17-9/h8-10,16H,2-7H2,1H3. The first kappa shape index (κ1) is 12.9. The van der Waals surface area contributed by atoms with Gasteiger partial charge in [0.15, 0.2) is 0 Å². The highest BCUT2D eigenvalue weighted by Crippen LogP contribution is 2.23. The lowest BCUT2D eigenvalue weighted by atomic mass is 10.1. The van der Waals surface area contributed by atoms with E-state index < -0.39 is 6.10 Å². The molecule has 0 spiro atoms. The number of hydrogen-bond donors (Lipinski definition) is 1. The topological polar surface area (TPSA) is 47.3 Å². The zero-order chi connectivity index (χ0) is 12.3. The summed E-state index contributed by atoms with van der Waals surface area (Å²) in [6, 6.07) is 0. The van der Waals surface area contributed by atoms with Gasteiger partial charge in [0, 0.05) is 13.7 Å². The largest absolute Gasteiger partial charge is 0.385 e. The van der Waals surface area contributed by atoms with Gasteiger partial charge in [-0.05, 0) is 32.1 Å². The summed E-state index contributed by atoms with van der Waals surface area (Å²) in [5, 5.41) is 10.6. The van der Waals surface area contributed by atoms with Crippen molar-refractivity contribution in [2.75, 3.05) is 6.61 Å². The molecule has 96 valence electrons. The van der Waals surface area contributed by atoms with E-state index in [4.69, 9.17) is 16.3 Å². The first-order valence-corrected chi connectivity index (χ1v) is 6.53. The molecule has 1 aliphatic heterocycles. The Morgan fingerprint density at radius 3 is 3.12 bits per heavy atom. The number of rotatable bonds is 5. The molecule has 0 radical (unpaired) electrons. The smallest absolute Gasteiger partial charge is 0.138 e. The fourth-order valence-corrected chi connectivity index (χ4v) is 2.39. The highest BCUT2D eigenvalue weighted by molar-refractivity contribution is 6.29. The van der Waals surface area contributed by atoms with Crippen molar-refractivity contribution < 1.29 is 9.84 Å². The van der Waals surface area contributed by atoms with E-state index in [1.165, 1.54) is 6.42 Å². The van der Waals surface area contributed by atoms with E-state index in [0.717, 1.165) is 25.9 Å². The second kappa shape index (κ2) is 5.85. The molecule has 0 aromatic carbocycles. The molecule has 0 amide bonds. The fourth-order valence-electron chi connectivity index (χ4n) is 2.25. The van der Waals surface area contributed by atoms with E-state index >= 15 is 0 Å². The fraction of sp³-hybridized carbons (Fsp3) is 0.750. The predicted octanol–water partition coefficient (Wildman–Crippen LogP) is 2.46. The van der Waals surface area contributed by atoms with Crippen LogP contribution in [-0.4, -0.2) is 27.4 Å². The zero-order valence-corrected chi connectivity index (χ0v) is 10.9. The van der Waals surface area contributed by atoms with Crippen molar-refractivity contribution in [1.82, 2.24) is 9.55 Å². The van der Waals surface area contributed by atoms with Crippen LogP contribution < -0.4 is 0 Å². The Kier molecular flexibility index (Phi) is 4.42. The first-order valence-electron chi connectivity index (χ1n) is 6.15. The molecule has 2 heterocycles. The number of imidazole rings is 1. The summed E-state index contributed by atoms with van der Waals surface area (Å²) < 4.78 is 7.27. The molecule has 1 aromatic heterocycles. The molecular formula is C12H19ClN2O2. The third kappa shape index (κ3) is 3.21. The lowest BCUT2D eigenvalue weighted by Gasteiger charge is -2.12. The van der Waals surface area contributed by atoms with Crippen LogP contribution in [0.25, 0.3) is 0 Å². The molecule has 17 heavy (non-hydrogen) atoms. The minimum Gasteiger partial charge on any atom is -0.385 e. The Balaban J connectivity index is 1.76. The van der Waals surface area contributed by atoms with Gasteiger partial charge in [0.2, 0.25) is 0 Å². The van der Waals surface area contributed by atoms with Gasteiger partial charge < -0.3 is 14.4 Å². The van der Waals surface area contributed by atoms with Crippen LogP contribution in [0.3, 0.4) is 0 Å². The summed E-state index contributed by atoms with van der Waals surface area (Å²) in [4.78, 5) is 4.12. The van der Waals surface area contributed by atoms with Crippen molar-refractivity contribution in [3.05, 3.63) is 17.2 Å². The number of aromatic nitrogens is 2. The molecule has 5 heteroatoms. The minimum atomic E-state index is -0.533. The summed E-state index contributed by atoms with van der Waals surface area (Å²) in [5.74, 6) is 0.641. The van der Waals surface area contributed by atoms with Crippen LogP contribution in [-0.2, 0) is 11.8 Å². The number of hydrogen-bond acceptors (Lipinski definition) is 3. The van der Waals surface area contributed by atoms with Crippen molar-refractivity contribution in [3.8, 4) is 0 Å². The maximum absolute atomic E-state index is 10.0. The van der Waals surface area contributed by atoms with E-state index in [9.17, 15) is 5.11 Å². The Morgan fingerprint density at radius 2 is 2.53 bits per heavy atom. The average molecular weight is 259 g/mol. The van der Waals surface area contributed by atoms with E-state index in [1.807, 2.05) is 7.05 Å².